The van der Waals surface area contributed by atoms with Gasteiger partial charge in [0.05, 0.1) is 5.51 Å². The zero-order chi connectivity index (χ0) is 12.7. The largest absolute Gasteiger partial charge is 0.476 e. The van der Waals surface area contributed by atoms with Gasteiger partial charge in [-0.25, -0.2) is 9.78 Å². The third-order valence-electron chi connectivity index (χ3n) is 2.96. The first-order valence-corrected chi connectivity index (χ1v) is 7.25. The molecule has 0 amide bonds. The molecule has 0 aliphatic heterocycles. The summed E-state index contributed by atoms with van der Waals surface area (Å²) in [5, 5.41) is 9.09. The van der Waals surface area contributed by atoms with Gasteiger partial charge in [-0.1, -0.05) is 39.5 Å². The summed E-state index contributed by atoms with van der Waals surface area (Å²) in [5.74, 6) is -0.511. The molecule has 1 N–H and O–H groups in total. The van der Waals surface area contributed by atoms with E-state index in [9.17, 15) is 4.79 Å². The molecule has 3 nitrogen and oxygen atoms in total. The minimum Gasteiger partial charge on any atom is -0.476 e. The fraction of sp³-hybridized carbons (Fsp3) is 0.692. The molecule has 0 spiro atoms. The average molecular weight is 255 g/mol. The second-order valence-electron chi connectivity index (χ2n) is 4.35. The maximum absolute atomic E-state index is 11.1. The Morgan fingerprint density at radius 3 is 2.71 bits per heavy atom. The van der Waals surface area contributed by atoms with Crippen LogP contribution in [0.25, 0.3) is 0 Å². The van der Waals surface area contributed by atoms with Gasteiger partial charge in [0.25, 0.3) is 0 Å². The number of nitrogens with zero attached hydrogens (tertiary/aromatic N) is 1. The lowest BCUT2D eigenvalue weighted by Gasteiger charge is -2.14. The van der Waals surface area contributed by atoms with Crippen LogP contribution in [0.15, 0.2) is 5.51 Å². The summed E-state index contributed by atoms with van der Waals surface area (Å²) in [6.45, 7) is 4.33. The van der Waals surface area contributed by atoms with Crippen molar-refractivity contribution in [3.05, 3.63) is 16.1 Å². The molecule has 0 bridgehead atoms. The Kier molecular flexibility index (Phi) is 6.19. The topological polar surface area (TPSA) is 50.2 Å². The first-order chi connectivity index (χ1) is 8.20. The summed E-state index contributed by atoms with van der Waals surface area (Å²) in [6, 6.07) is 0. The Balaban J connectivity index is 2.74. The summed E-state index contributed by atoms with van der Waals surface area (Å²) < 4.78 is 0. The molecule has 1 aromatic rings. The Hall–Kier alpha value is -0.900. The third kappa shape index (κ3) is 4.11. The standard InChI is InChI=1S/C13H21NO2S/c1-3-5-6-8-10(7-4-2)12-11(13(15)16)14-9-17-12/h9-10H,3-8H2,1-2H3,(H,15,16). The third-order valence-corrected chi connectivity index (χ3v) is 3.95. The monoisotopic (exact) mass is 255 g/mol. The van der Waals surface area contributed by atoms with Crippen LogP contribution in [0.4, 0.5) is 0 Å². The van der Waals surface area contributed by atoms with E-state index in [1.54, 1.807) is 5.51 Å². The molecular weight excluding hydrogens is 234 g/mol. The number of unbranched alkanes of at least 4 members (excludes halogenated alkanes) is 2. The van der Waals surface area contributed by atoms with Gasteiger partial charge in [-0.3, -0.25) is 0 Å². The summed E-state index contributed by atoms with van der Waals surface area (Å²) in [6.07, 6.45) is 6.84. The van der Waals surface area contributed by atoms with Crippen LogP contribution < -0.4 is 0 Å². The van der Waals surface area contributed by atoms with E-state index in [4.69, 9.17) is 5.11 Å². The number of carboxylic acids is 1. The van der Waals surface area contributed by atoms with Crippen molar-refractivity contribution in [1.82, 2.24) is 4.98 Å². The Morgan fingerprint density at radius 1 is 1.35 bits per heavy atom. The molecule has 1 heterocycles. The van der Waals surface area contributed by atoms with Crippen LogP contribution in [0, 0.1) is 0 Å². The predicted molar refractivity (Wildman–Crippen MR) is 70.9 cm³/mol. The van der Waals surface area contributed by atoms with Crippen molar-refractivity contribution >= 4 is 17.3 Å². The van der Waals surface area contributed by atoms with E-state index in [0.717, 1.165) is 24.1 Å². The number of carbonyl (C=O) groups is 1. The zero-order valence-corrected chi connectivity index (χ0v) is 11.4. The number of carboxylic acid groups (broad SMARTS) is 1. The molecule has 0 fully saturated rings. The van der Waals surface area contributed by atoms with Crippen LogP contribution in [0.5, 0.6) is 0 Å². The van der Waals surface area contributed by atoms with E-state index in [1.165, 1.54) is 30.6 Å². The molecule has 0 aromatic carbocycles. The number of aromatic carboxylic acids is 1. The molecule has 96 valence electrons. The van der Waals surface area contributed by atoms with Gasteiger partial charge in [0.1, 0.15) is 0 Å². The highest BCUT2D eigenvalue weighted by Crippen LogP contribution is 2.32. The lowest BCUT2D eigenvalue weighted by Crippen LogP contribution is -2.06. The van der Waals surface area contributed by atoms with Gasteiger partial charge in [0.2, 0.25) is 0 Å². The summed E-state index contributed by atoms with van der Waals surface area (Å²) in [5.41, 5.74) is 1.92. The highest BCUT2D eigenvalue weighted by atomic mass is 32.1. The van der Waals surface area contributed by atoms with Crippen LogP contribution in [-0.4, -0.2) is 16.1 Å². The van der Waals surface area contributed by atoms with Gasteiger partial charge in [0, 0.05) is 4.88 Å². The van der Waals surface area contributed by atoms with Gasteiger partial charge in [-0.15, -0.1) is 11.3 Å². The lowest BCUT2D eigenvalue weighted by molar-refractivity contribution is 0.0689. The van der Waals surface area contributed by atoms with E-state index in [1.807, 2.05) is 0 Å². The van der Waals surface area contributed by atoms with Crippen molar-refractivity contribution in [1.29, 1.82) is 0 Å². The second-order valence-corrected chi connectivity index (χ2v) is 5.24. The van der Waals surface area contributed by atoms with E-state index in [2.05, 4.69) is 18.8 Å². The second kappa shape index (κ2) is 7.43. The van der Waals surface area contributed by atoms with Crippen LogP contribution in [0.2, 0.25) is 0 Å². The molecule has 0 saturated carbocycles. The minimum absolute atomic E-state index is 0.268. The molecule has 4 heteroatoms. The smallest absolute Gasteiger partial charge is 0.355 e. The van der Waals surface area contributed by atoms with Crippen molar-refractivity contribution in [2.24, 2.45) is 0 Å². The van der Waals surface area contributed by atoms with Crippen molar-refractivity contribution in [3.63, 3.8) is 0 Å². The van der Waals surface area contributed by atoms with Crippen molar-refractivity contribution in [2.75, 3.05) is 0 Å². The molecule has 0 radical (unpaired) electrons. The molecule has 0 aliphatic rings. The van der Waals surface area contributed by atoms with Crippen LogP contribution in [0.1, 0.15) is 73.7 Å². The SMILES string of the molecule is CCCCCC(CCC)c1scnc1C(=O)O. The van der Waals surface area contributed by atoms with Gasteiger partial charge in [0.15, 0.2) is 5.69 Å². The molecule has 0 aliphatic carbocycles. The maximum atomic E-state index is 11.1. The number of aromatic nitrogens is 1. The van der Waals surface area contributed by atoms with E-state index in [-0.39, 0.29) is 5.69 Å². The molecule has 1 aromatic heterocycles. The van der Waals surface area contributed by atoms with Gasteiger partial charge >= 0.3 is 5.97 Å². The lowest BCUT2D eigenvalue weighted by atomic mass is 9.94. The molecule has 1 atom stereocenters. The number of thiazole rings is 1. The van der Waals surface area contributed by atoms with E-state index in [0.29, 0.717) is 5.92 Å². The van der Waals surface area contributed by atoms with Crippen LogP contribution in [-0.2, 0) is 0 Å². The summed E-state index contributed by atoms with van der Waals surface area (Å²) in [4.78, 5) is 16.0. The number of rotatable bonds is 8. The fourth-order valence-corrected chi connectivity index (χ4v) is 3.05. The highest BCUT2D eigenvalue weighted by molar-refractivity contribution is 7.10. The normalized spacial score (nSPS) is 12.6. The number of hydrogen-bond acceptors (Lipinski definition) is 3. The Labute approximate surface area is 107 Å². The summed E-state index contributed by atoms with van der Waals surface area (Å²) >= 11 is 1.49. The van der Waals surface area contributed by atoms with Crippen LogP contribution in [0.3, 0.4) is 0 Å². The Morgan fingerprint density at radius 2 is 2.12 bits per heavy atom. The quantitative estimate of drug-likeness (QED) is 0.704. The minimum atomic E-state index is -0.891. The molecular formula is C13H21NO2S. The Bertz CT molecular complexity index is 349. The van der Waals surface area contributed by atoms with Gasteiger partial charge in [-0.2, -0.15) is 0 Å². The van der Waals surface area contributed by atoms with Crippen molar-refractivity contribution in [2.45, 2.75) is 58.3 Å². The van der Waals surface area contributed by atoms with E-state index < -0.39 is 5.97 Å². The zero-order valence-electron chi connectivity index (χ0n) is 10.6. The maximum Gasteiger partial charge on any atom is 0.355 e. The van der Waals surface area contributed by atoms with Crippen molar-refractivity contribution in [3.8, 4) is 0 Å². The predicted octanol–water partition coefficient (Wildman–Crippen LogP) is 4.31. The molecule has 0 saturated heterocycles. The first-order valence-electron chi connectivity index (χ1n) is 6.37. The molecule has 1 rings (SSSR count). The first kappa shape index (κ1) is 14.2. The van der Waals surface area contributed by atoms with Gasteiger partial charge in [-0.05, 0) is 18.8 Å². The van der Waals surface area contributed by atoms with E-state index >= 15 is 0 Å². The molecule has 1 unspecified atom stereocenters. The van der Waals surface area contributed by atoms with Crippen molar-refractivity contribution < 1.29 is 9.90 Å². The van der Waals surface area contributed by atoms with Gasteiger partial charge < -0.3 is 5.11 Å². The highest BCUT2D eigenvalue weighted by Gasteiger charge is 2.21. The number of hydrogen-bond donors (Lipinski definition) is 1. The fourth-order valence-electron chi connectivity index (χ4n) is 2.10. The average Bonchev–Trinajstić information content (AvgIpc) is 2.77. The summed E-state index contributed by atoms with van der Waals surface area (Å²) in [7, 11) is 0. The van der Waals surface area contributed by atoms with Crippen LogP contribution >= 0.6 is 11.3 Å². The molecule has 17 heavy (non-hydrogen) atoms.